The predicted octanol–water partition coefficient (Wildman–Crippen LogP) is 4.66. The molecule has 1 aliphatic carbocycles. The number of anilines is 1. The van der Waals surface area contributed by atoms with E-state index in [1.165, 1.54) is 43.4 Å². The number of hydrogen-bond acceptors (Lipinski definition) is 4. The Morgan fingerprint density at radius 3 is 2.91 bits per heavy atom. The number of nitrogens with zero attached hydrogens (tertiary/aromatic N) is 1. The summed E-state index contributed by atoms with van der Waals surface area (Å²) < 4.78 is 5.95. The summed E-state index contributed by atoms with van der Waals surface area (Å²) in [7, 11) is 0. The fourth-order valence-corrected chi connectivity index (χ4v) is 3.75. The lowest BCUT2D eigenvalue weighted by atomic mass is 9.90. The summed E-state index contributed by atoms with van der Waals surface area (Å²) >= 11 is 1.44. The number of nitrogens with one attached hydrogen (secondary N) is 1. The van der Waals surface area contributed by atoms with Crippen LogP contribution >= 0.6 is 11.3 Å². The van der Waals surface area contributed by atoms with Crippen LogP contribution in [0.25, 0.3) is 0 Å². The molecule has 2 aromatic rings. The number of thiophene rings is 1. The molecular weight excluding hydrogens is 308 g/mol. The largest absolute Gasteiger partial charge is 0.489 e. The van der Waals surface area contributed by atoms with Gasteiger partial charge in [0.25, 0.3) is 5.91 Å². The molecule has 3 rings (SSSR count). The third-order valence-electron chi connectivity index (χ3n) is 4.27. The first-order valence-corrected chi connectivity index (χ1v) is 9.05. The summed E-state index contributed by atoms with van der Waals surface area (Å²) in [5, 5.41) is 4.80. The Hall–Kier alpha value is -1.88. The van der Waals surface area contributed by atoms with Crippen molar-refractivity contribution in [2.24, 2.45) is 5.92 Å². The number of pyridine rings is 1. The second kappa shape index (κ2) is 7.59. The minimum absolute atomic E-state index is 0.126. The Morgan fingerprint density at radius 2 is 2.17 bits per heavy atom. The van der Waals surface area contributed by atoms with Gasteiger partial charge in [0.15, 0.2) is 11.6 Å². The second-order valence-electron chi connectivity index (χ2n) is 6.05. The van der Waals surface area contributed by atoms with Crippen LogP contribution in [0.2, 0.25) is 0 Å². The quantitative estimate of drug-likeness (QED) is 0.867. The highest BCUT2D eigenvalue weighted by Crippen LogP contribution is 2.27. The second-order valence-corrected chi connectivity index (χ2v) is 6.97. The van der Waals surface area contributed by atoms with E-state index < -0.39 is 0 Å². The number of rotatable bonds is 5. The minimum atomic E-state index is -0.126. The first-order valence-electron chi connectivity index (χ1n) is 8.17. The molecule has 0 aliphatic heterocycles. The molecule has 0 spiro atoms. The SMILES string of the molecule is Cc1ccsc1C(=O)Nc1ncccc1OCC1CCCCC1. The van der Waals surface area contributed by atoms with Gasteiger partial charge in [0.05, 0.1) is 11.5 Å². The molecule has 2 aromatic heterocycles. The lowest BCUT2D eigenvalue weighted by Gasteiger charge is -2.22. The average Bonchev–Trinajstić information content (AvgIpc) is 3.01. The Bertz CT molecular complexity index is 663. The molecule has 1 fully saturated rings. The fraction of sp³-hybridized carbons (Fsp3) is 0.444. The Kier molecular flexibility index (Phi) is 5.28. The van der Waals surface area contributed by atoms with E-state index in [9.17, 15) is 4.79 Å². The molecule has 4 nitrogen and oxygen atoms in total. The summed E-state index contributed by atoms with van der Waals surface area (Å²) in [6.45, 7) is 2.64. The van der Waals surface area contributed by atoms with Crippen LogP contribution in [0.4, 0.5) is 5.82 Å². The molecule has 1 saturated carbocycles. The van der Waals surface area contributed by atoms with Gasteiger partial charge in [0.2, 0.25) is 0 Å². The highest BCUT2D eigenvalue weighted by atomic mass is 32.1. The molecule has 0 saturated heterocycles. The molecule has 0 aromatic carbocycles. The van der Waals surface area contributed by atoms with E-state index in [4.69, 9.17) is 4.74 Å². The number of carbonyl (C=O) groups is 1. The topological polar surface area (TPSA) is 51.2 Å². The maximum absolute atomic E-state index is 12.4. The van der Waals surface area contributed by atoms with Crippen LogP contribution in [0.5, 0.6) is 5.75 Å². The summed E-state index contributed by atoms with van der Waals surface area (Å²) in [6, 6.07) is 5.65. The molecule has 1 amide bonds. The standard InChI is InChI=1S/C18H22N2O2S/c1-13-9-11-23-16(13)18(21)20-17-15(8-5-10-19-17)22-12-14-6-3-2-4-7-14/h5,8-11,14H,2-4,6-7,12H2,1H3,(H,19,20,21). The third kappa shape index (κ3) is 4.10. The first-order chi connectivity index (χ1) is 11.2. The van der Waals surface area contributed by atoms with Crippen LogP contribution in [0.3, 0.4) is 0 Å². The molecule has 5 heteroatoms. The summed E-state index contributed by atoms with van der Waals surface area (Å²) in [4.78, 5) is 17.3. The molecule has 0 radical (unpaired) electrons. The van der Waals surface area contributed by atoms with Crippen LogP contribution < -0.4 is 10.1 Å². The zero-order valence-corrected chi connectivity index (χ0v) is 14.2. The van der Waals surface area contributed by atoms with Crippen molar-refractivity contribution in [3.8, 4) is 5.75 Å². The van der Waals surface area contributed by atoms with Crippen LogP contribution in [-0.4, -0.2) is 17.5 Å². The smallest absolute Gasteiger partial charge is 0.267 e. The van der Waals surface area contributed by atoms with Gasteiger partial charge in [-0.1, -0.05) is 19.3 Å². The van der Waals surface area contributed by atoms with Crippen LogP contribution in [0, 0.1) is 12.8 Å². The Balaban J connectivity index is 1.65. The van der Waals surface area contributed by atoms with E-state index in [1.807, 2.05) is 30.5 Å². The van der Waals surface area contributed by atoms with E-state index in [2.05, 4.69) is 10.3 Å². The minimum Gasteiger partial charge on any atom is -0.489 e. The van der Waals surface area contributed by atoms with Gasteiger partial charge in [0.1, 0.15) is 0 Å². The van der Waals surface area contributed by atoms with Crippen molar-refractivity contribution in [2.45, 2.75) is 39.0 Å². The maximum atomic E-state index is 12.4. The highest BCUT2D eigenvalue weighted by Gasteiger charge is 2.17. The number of hydrogen-bond donors (Lipinski definition) is 1. The van der Waals surface area contributed by atoms with Gasteiger partial charge in [-0.05, 0) is 54.8 Å². The van der Waals surface area contributed by atoms with Gasteiger partial charge in [0, 0.05) is 6.20 Å². The van der Waals surface area contributed by atoms with Gasteiger partial charge in [-0.25, -0.2) is 4.98 Å². The predicted molar refractivity (Wildman–Crippen MR) is 93.3 cm³/mol. The van der Waals surface area contributed by atoms with Crippen molar-refractivity contribution < 1.29 is 9.53 Å². The van der Waals surface area contributed by atoms with E-state index in [1.54, 1.807) is 6.20 Å². The molecule has 0 bridgehead atoms. The van der Waals surface area contributed by atoms with Crippen molar-refractivity contribution in [1.82, 2.24) is 4.98 Å². The molecule has 122 valence electrons. The summed E-state index contributed by atoms with van der Waals surface area (Å²) in [5.74, 6) is 1.65. The number of ether oxygens (including phenoxy) is 1. The monoisotopic (exact) mass is 330 g/mol. The van der Waals surface area contributed by atoms with Crippen LogP contribution in [0.15, 0.2) is 29.8 Å². The Morgan fingerprint density at radius 1 is 1.35 bits per heavy atom. The van der Waals surface area contributed by atoms with Gasteiger partial charge < -0.3 is 10.1 Å². The highest BCUT2D eigenvalue weighted by molar-refractivity contribution is 7.12. The lowest BCUT2D eigenvalue weighted by Crippen LogP contribution is -2.17. The summed E-state index contributed by atoms with van der Waals surface area (Å²) in [6.07, 6.45) is 8.06. The third-order valence-corrected chi connectivity index (χ3v) is 5.29. The molecule has 1 N–H and O–H groups in total. The van der Waals surface area contributed by atoms with Gasteiger partial charge >= 0.3 is 0 Å². The average molecular weight is 330 g/mol. The van der Waals surface area contributed by atoms with E-state index in [-0.39, 0.29) is 5.91 Å². The van der Waals surface area contributed by atoms with E-state index >= 15 is 0 Å². The van der Waals surface area contributed by atoms with Crippen molar-refractivity contribution in [3.63, 3.8) is 0 Å². The van der Waals surface area contributed by atoms with E-state index in [0.29, 0.717) is 29.0 Å². The van der Waals surface area contributed by atoms with Crippen molar-refractivity contribution in [2.75, 3.05) is 11.9 Å². The molecule has 0 atom stereocenters. The molecule has 0 unspecified atom stereocenters. The van der Waals surface area contributed by atoms with Crippen LogP contribution in [-0.2, 0) is 0 Å². The van der Waals surface area contributed by atoms with Crippen molar-refractivity contribution >= 4 is 23.1 Å². The molecular formula is C18H22N2O2S. The molecule has 1 aliphatic rings. The van der Waals surface area contributed by atoms with Crippen molar-refractivity contribution in [1.29, 1.82) is 0 Å². The first kappa shape index (κ1) is 16.0. The van der Waals surface area contributed by atoms with Crippen molar-refractivity contribution in [3.05, 3.63) is 40.2 Å². The number of aromatic nitrogens is 1. The Labute approximate surface area is 140 Å². The number of aryl methyl sites for hydroxylation is 1. The lowest BCUT2D eigenvalue weighted by molar-refractivity contribution is 0.102. The molecule has 23 heavy (non-hydrogen) atoms. The number of amides is 1. The zero-order chi connectivity index (χ0) is 16.1. The zero-order valence-electron chi connectivity index (χ0n) is 13.4. The van der Waals surface area contributed by atoms with Crippen LogP contribution in [0.1, 0.15) is 47.3 Å². The van der Waals surface area contributed by atoms with Gasteiger partial charge in [-0.3, -0.25) is 4.79 Å². The van der Waals surface area contributed by atoms with E-state index in [0.717, 1.165) is 5.56 Å². The van der Waals surface area contributed by atoms with Gasteiger partial charge in [-0.15, -0.1) is 11.3 Å². The summed E-state index contributed by atoms with van der Waals surface area (Å²) in [5.41, 5.74) is 0.980. The molecule has 2 heterocycles. The fourth-order valence-electron chi connectivity index (χ4n) is 2.93. The normalized spacial score (nSPS) is 15.3. The maximum Gasteiger partial charge on any atom is 0.267 e. The van der Waals surface area contributed by atoms with Gasteiger partial charge in [-0.2, -0.15) is 0 Å². The number of carbonyl (C=O) groups excluding carboxylic acids is 1.